The van der Waals surface area contributed by atoms with Crippen LogP contribution in [0.4, 0.5) is 0 Å². The Morgan fingerprint density at radius 1 is 1.39 bits per heavy atom. The molecule has 1 saturated heterocycles. The number of hydrogen-bond donors (Lipinski definition) is 2. The summed E-state index contributed by atoms with van der Waals surface area (Å²) >= 11 is 0. The van der Waals surface area contributed by atoms with E-state index in [9.17, 15) is 4.79 Å². The minimum absolute atomic E-state index is 0.0806. The summed E-state index contributed by atoms with van der Waals surface area (Å²) in [5, 5.41) is 4.46. The van der Waals surface area contributed by atoms with Crippen molar-refractivity contribution in [1.29, 1.82) is 0 Å². The molecule has 2 aromatic rings. The summed E-state index contributed by atoms with van der Waals surface area (Å²) in [6.07, 6.45) is 2.00. The quantitative estimate of drug-likeness (QED) is 0.847. The average Bonchev–Trinajstić information content (AvgIpc) is 2.91. The molecule has 3 heteroatoms. The summed E-state index contributed by atoms with van der Waals surface area (Å²) in [5.41, 5.74) is 3.22. The molecule has 2 N–H and O–H groups in total. The number of fused-ring (bicyclic) bond motifs is 1. The van der Waals surface area contributed by atoms with E-state index in [0.29, 0.717) is 5.92 Å². The summed E-state index contributed by atoms with van der Waals surface area (Å²) in [7, 11) is 0. The van der Waals surface area contributed by atoms with E-state index in [4.69, 9.17) is 0 Å². The summed E-state index contributed by atoms with van der Waals surface area (Å²) in [6, 6.07) is 8.30. The molecule has 2 heterocycles. The van der Waals surface area contributed by atoms with Crippen LogP contribution in [0.5, 0.6) is 0 Å². The van der Waals surface area contributed by atoms with Crippen molar-refractivity contribution in [3.8, 4) is 0 Å². The van der Waals surface area contributed by atoms with E-state index in [1.165, 1.54) is 5.56 Å². The van der Waals surface area contributed by atoms with Crippen LogP contribution in [-0.4, -0.2) is 18.1 Å². The normalized spacial score (nSPS) is 19.5. The fourth-order valence-corrected chi connectivity index (χ4v) is 2.83. The summed E-state index contributed by atoms with van der Waals surface area (Å²) < 4.78 is 0. The summed E-state index contributed by atoms with van der Waals surface area (Å²) in [6.45, 7) is 4.04. The van der Waals surface area contributed by atoms with Gasteiger partial charge in [-0.1, -0.05) is 25.1 Å². The number of rotatable bonds is 2. The first-order valence-electron chi connectivity index (χ1n) is 6.65. The van der Waals surface area contributed by atoms with Gasteiger partial charge >= 0.3 is 0 Å². The van der Waals surface area contributed by atoms with Crippen molar-refractivity contribution >= 4 is 10.9 Å². The average molecular weight is 242 g/mol. The van der Waals surface area contributed by atoms with Gasteiger partial charge in [0.05, 0.1) is 5.52 Å². The highest BCUT2D eigenvalue weighted by Gasteiger charge is 2.20. The first-order chi connectivity index (χ1) is 8.79. The molecule has 0 bridgehead atoms. The first kappa shape index (κ1) is 11.5. The van der Waals surface area contributed by atoms with Crippen molar-refractivity contribution in [2.45, 2.75) is 25.7 Å². The number of H-pyrrole nitrogens is 1. The van der Waals surface area contributed by atoms with Crippen LogP contribution in [-0.2, 0) is 6.42 Å². The topological polar surface area (TPSA) is 44.9 Å². The van der Waals surface area contributed by atoms with Crippen LogP contribution in [0.3, 0.4) is 0 Å². The van der Waals surface area contributed by atoms with Gasteiger partial charge in [0.2, 0.25) is 0 Å². The fraction of sp³-hybridized carbons (Fsp3) is 0.400. The lowest BCUT2D eigenvalue weighted by molar-refractivity contribution is 0.753. The summed E-state index contributed by atoms with van der Waals surface area (Å²) in [4.78, 5) is 15.3. The Morgan fingerprint density at radius 3 is 3.00 bits per heavy atom. The van der Waals surface area contributed by atoms with Crippen LogP contribution in [0.15, 0.2) is 29.1 Å². The van der Waals surface area contributed by atoms with Crippen molar-refractivity contribution in [1.82, 2.24) is 10.3 Å². The number of para-hydroxylation sites is 1. The Kier molecular flexibility index (Phi) is 2.92. The van der Waals surface area contributed by atoms with Crippen LogP contribution in [0.25, 0.3) is 10.9 Å². The van der Waals surface area contributed by atoms with Crippen LogP contribution in [0.2, 0.25) is 0 Å². The van der Waals surface area contributed by atoms with Crippen LogP contribution in [0, 0.1) is 0 Å². The van der Waals surface area contributed by atoms with Crippen LogP contribution >= 0.6 is 0 Å². The number of nitrogens with one attached hydrogen (secondary N) is 2. The maximum atomic E-state index is 12.2. The van der Waals surface area contributed by atoms with Crippen molar-refractivity contribution < 1.29 is 0 Å². The smallest absolute Gasteiger partial charge is 0.251 e. The standard InChI is InChI=1S/C15H18N2O/c1-2-10-4-3-5-11-8-13(12-6-7-16-9-12)15(18)17-14(10)11/h3-5,8,12,16H,2,6-7,9H2,1H3,(H,17,18). The van der Waals surface area contributed by atoms with Gasteiger partial charge in [0.25, 0.3) is 5.56 Å². The lowest BCUT2D eigenvalue weighted by Gasteiger charge is -2.10. The lowest BCUT2D eigenvalue weighted by atomic mass is 9.97. The molecule has 0 spiro atoms. The fourth-order valence-electron chi connectivity index (χ4n) is 2.83. The molecule has 18 heavy (non-hydrogen) atoms. The largest absolute Gasteiger partial charge is 0.321 e. The van der Waals surface area contributed by atoms with E-state index in [1.807, 2.05) is 0 Å². The number of hydrogen-bond acceptors (Lipinski definition) is 2. The number of aromatic amines is 1. The monoisotopic (exact) mass is 242 g/mol. The van der Waals surface area contributed by atoms with Gasteiger partial charge in [0.15, 0.2) is 0 Å². The SMILES string of the molecule is CCc1cccc2cc(C3CCNC3)c(=O)[nH]c12. The van der Waals surface area contributed by atoms with Crippen LogP contribution < -0.4 is 10.9 Å². The highest BCUT2D eigenvalue weighted by Crippen LogP contribution is 2.23. The van der Waals surface area contributed by atoms with Gasteiger partial charge in [0, 0.05) is 18.0 Å². The predicted octanol–water partition coefficient (Wildman–Crippen LogP) is 2.17. The number of pyridine rings is 1. The zero-order chi connectivity index (χ0) is 12.5. The molecule has 1 aromatic heterocycles. The van der Waals surface area contributed by atoms with Crippen molar-refractivity contribution in [2.24, 2.45) is 0 Å². The second kappa shape index (κ2) is 4.58. The molecular weight excluding hydrogens is 224 g/mol. The highest BCUT2D eigenvalue weighted by atomic mass is 16.1. The number of aryl methyl sites for hydroxylation is 1. The maximum Gasteiger partial charge on any atom is 0.251 e. The van der Waals surface area contributed by atoms with Crippen molar-refractivity contribution in [2.75, 3.05) is 13.1 Å². The van der Waals surface area contributed by atoms with E-state index in [2.05, 4.69) is 41.5 Å². The molecule has 1 atom stereocenters. The molecule has 0 amide bonds. The van der Waals surface area contributed by atoms with Gasteiger partial charge in [-0.3, -0.25) is 4.79 Å². The number of benzene rings is 1. The van der Waals surface area contributed by atoms with Gasteiger partial charge < -0.3 is 10.3 Å². The first-order valence-corrected chi connectivity index (χ1v) is 6.65. The lowest BCUT2D eigenvalue weighted by Crippen LogP contribution is -2.18. The molecule has 3 rings (SSSR count). The number of aromatic nitrogens is 1. The molecule has 0 saturated carbocycles. The second-order valence-electron chi connectivity index (χ2n) is 4.98. The van der Waals surface area contributed by atoms with Gasteiger partial charge in [-0.15, -0.1) is 0 Å². The Bertz CT molecular complexity index is 624. The third kappa shape index (κ3) is 1.85. The van der Waals surface area contributed by atoms with Crippen molar-refractivity contribution in [3.05, 3.63) is 45.7 Å². The Morgan fingerprint density at radius 2 is 2.28 bits per heavy atom. The van der Waals surface area contributed by atoms with Crippen molar-refractivity contribution in [3.63, 3.8) is 0 Å². The molecule has 1 aromatic carbocycles. The molecule has 0 aliphatic carbocycles. The van der Waals surface area contributed by atoms with E-state index in [1.54, 1.807) is 0 Å². The molecule has 94 valence electrons. The van der Waals surface area contributed by atoms with E-state index < -0.39 is 0 Å². The Labute approximate surface area is 106 Å². The minimum Gasteiger partial charge on any atom is -0.321 e. The van der Waals surface area contributed by atoms with Gasteiger partial charge in [-0.05, 0) is 36.4 Å². The van der Waals surface area contributed by atoms with Gasteiger partial charge in [-0.2, -0.15) is 0 Å². The Hall–Kier alpha value is -1.61. The van der Waals surface area contributed by atoms with Gasteiger partial charge in [0.1, 0.15) is 0 Å². The molecule has 1 aliphatic rings. The van der Waals surface area contributed by atoms with Gasteiger partial charge in [-0.25, -0.2) is 0 Å². The zero-order valence-corrected chi connectivity index (χ0v) is 10.6. The highest BCUT2D eigenvalue weighted by molar-refractivity contribution is 5.82. The molecule has 1 unspecified atom stereocenters. The molecular formula is C15H18N2O. The third-order valence-electron chi connectivity index (χ3n) is 3.88. The zero-order valence-electron chi connectivity index (χ0n) is 10.6. The molecule has 1 fully saturated rings. The maximum absolute atomic E-state index is 12.2. The van der Waals surface area contributed by atoms with Crippen LogP contribution in [0.1, 0.15) is 30.4 Å². The molecule has 3 nitrogen and oxygen atoms in total. The Balaban J connectivity index is 2.18. The van der Waals surface area contributed by atoms with E-state index in [-0.39, 0.29) is 5.56 Å². The van der Waals surface area contributed by atoms with E-state index >= 15 is 0 Å². The predicted molar refractivity (Wildman–Crippen MR) is 74.2 cm³/mol. The van der Waals surface area contributed by atoms with E-state index in [0.717, 1.165) is 42.4 Å². The minimum atomic E-state index is 0.0806. The second-order valence-corrected chi connectivity index (χ2v) is 4.98. The summed E-state index contributed by atoms with van der Waals surface area (Å²) in [5.74, 6) is 0.364. The third-order valence-corrected chi connectivity index (χ3v) is 3.88. The molecule has 1 aliphatic heterocycles. The molecule has 0 radical (unpaired) electrons.